The summed E-state index contributed by atoms with van der Waals surface area (Å²) in [5.41, 5.74) is 2.76. The molecule has 0 unspecified atom stereocenters. The highest BCUT2D eigenvalue weighted by Crippen LogP contribution is 2.34. The molecule has 0 spiro atoms. The van der Waals surface area contributed by atoms with Crippen molar-refractivity contribution in [2.24, 2.45) is 0 Å². The van der Waals surface area contributed by atoms with Gasteiger partial charge in [0.1, 0.15) is 5.03 Å². The maximum Gasteiger partial charge on any atom is 0.260 e. The van der Waals surface area contributed by atoms with Crippen LogP contribution in [0.4, 0.5) is 11.6 Å². The van der Waals surface area contributed by atoms with Crippen molar-refractivity contribution < 1.29 is 19.1 Å². The number of ether oxygens (including phenoxy) is 2. The number of pyridine rings is 1. The summed E-state index contributed by atoms with van der Waals surface area (Å²) in [5.74, 6) is 1.25. The number of imidazole rings is 1. The summed E-state index contributed by atoms with van der Waals surface area (Å²) in [5, 5.41) is 6.22. The molecule has 1 aliphatic rings. The van der Waals surface area contributed by atoms with Gasteiger partial charge in [0.15, 0.2) is 11.5 Å². The van der Waals surface area contributed by atoms with E-state index in [-0.39, 0.29) is 24.4 Å². The Morgan fingerprint density at radius 3 is 2.80 bits per heavy atom. The molecule has 9 nitrogen and oxygen atoms in total. The maximum absolute atomic E-state index is 13.2. The third-order valence-electron chi connectivity index (χ3n) is 5.34. The lowest BCUT2D eigenvalue weighted by Crippen LogP contribution is -2.18. The van der Waals surface area contributed by atoms with E-state index in [1.807, 2.05) is 28.8 Å². The van der Waals surface area contributed by atoms with Crippen molar-refractivity contribution >= 4 is 46.2 Å². The molecule has 1 aliphatic heterocycles. The van der Waals surface area contributed by atoms with E-state index in [0.717, 1.165) is 24.0 Å². The van der Waals surface area contributed by atoms with Crippen molar-refractivity contribution in [2.45, 2.75) is 24.9 Å². The van der Waals surface area contributed by atoms with Gasteiger partial charge in [-0.2, -0.15) is 0 Å². The second-order valence-corrected chi connectivity index (χ2v) is 8.75. The van der Waals surface area contributed by atoms with Crippen LogP contribution in [0.2, 0.25) is 0 Å². The Balaban J connectivity index is 1.27. The Bertz CT molecular complexity index is 1400. The molecular weight excluding hydrogens is 466 g/mol. The van der Waals surface area contributed by atoms with Gasteiger partial charge in [0.2, 0.25) is 18.6 Å². The summed E-state index contributed by atoms with van der Waals surface area (Å²) in [6.07, 6.45) is 2.50. The minimum atomic E-state index is -0.329. The molecule has 2 N–H and O–H groups in total. The summed E-state index contributed by atoms with van der Waals surface area (Å²) >= 11 is 1.19. The van der Waals surface area contributed by atoms with E-state index in [0.29, 0.717) is 33.7 Å². The number of aryl methyl sites for hydroxylation is 1. The van der Waals surface area contributed by atoms with Gasteiger partial charge in [-0.1, -0.05) is 30.8 Å². The Kier molecular flexibility index (Phi) is 6.53. The van der Waals surface area contributed by atoms with Crippen molar-refractivity contribution in [1.29, 1.82) is 0 Å². The minimum absolute atomic E-state index is 0.0834. The molecule has 2 amide bonds. The van der Waals surface area contributed by atoms with E-state index in [4.69, 9.17) is 9.47 Å². The summed E-state index contributed by atoms with van der Waals surface area (Å²) in [4.78, 5) is 34.6. The van der Waals surface area contributed by atoms with Gasteiger partial charge in [0.25, 0.3) is 5.91 Å². The van der Waals surface area contributed by atoms with Crippen molar-refractivity contribution in [3.05, 3.63) is 66.4 Å². The number of carbonyl (C=O) groups is 2. The van der Waals surface area contributed by atoms with Crippen LogP contribution in [0.5, 0.6) is 11.5 Å². The van der Waals surface area contributed by atoms with Crippen LogP contribution in [0.15, 0.2) is 65.8 Å². The quantitative estimate of drug-likeness (QED) is 0.350. The summed E-state index contributed by atoms with van der Waals surface area (Å²) in [6.45, 7) is 2.97. The third kappa shape index (κ3) is 4.92. The van der Waals surface area contributed by atoms with E-state index < -0.39 is 0 Å². The normalized spacial score (nSPS) is 12.0. The third-order valence-corrected chi connectivity index (χ3v) is 6.34. The van der Waals surface area contributed by atoms with E-state index in [2.05, 4.69) is 27.5 Å². The number of nitrogens with one attached hydrogen (secondary N) is 2. The second-order valence-electron chi connectivity index (χ2n) is 7.79. The Morgan fingerprint density at radius 2 is 1.91 bits per heavy atom. The number of nitrogens with zero attached hydrogens (tertiary/aromatic N) is 3. The van der Waals surface area contributed by atoms with Crippen LogP contribution in [-0.4, -0.2) is 38.9 Å². The topological polar surface area (TPSA) is 107 Å². The zero-order valence-corrected chi connectivity index (χ0v) is 19.8. The molecular formula is C25H23N5O4S. The SMILES string of the molecule is CCCn1c(NC(=O)c2cccnc2SCC(=O)Nc2ccc3c(c2)OCO3)nc2ccccc21. The number of thioether (sulfide) groups is 1. The number of hydrogen-bond acceptors (Lipinski definition) is 7. The van der Waals surface area contributed by atoms with Crippen molar-refractivity contribution in [1.82, 2.24) is 14.5 Å². The molecule has 0 saturated carbocycles. The summed E-state index contributed by atoms with van der Waals surface area (Å²) < 4.78 is 12.6. The number of anilines is 2. The van der Waals surface area contributed by atoms with E-state index in [9.17, 15) is 9.59 Å². The smallest absolute Gasteiger partial charge is 0.260 e. The summed E-state index contributed by atoms with van der Waals surface area (Å²) in [7, 11) is 0. The number of amides is 2. The lowest BCUT2D eigenvalue weighted by molar-refractivity contribution is -0.113. The second kappa shape index (κ2) is 10.1. The van der Waals surface area contributed by atoms with Gasteiger partial charge in [-0.15, -0.1) is 0 Å². The molecule has 3 heterocycles. The van der Waals surface area contributed by atoms with Crippen LogP contribution < -0.4 is 20.1 Å². The van der Waals surface area contributed by atoms with Crippen LogP contribution in [0.3, 0.4) is 0 Å². The lowest BCUT2D eigenvalue weighted by atomic mass is 10.3. The van der Waals surface area contributed by atoms with E-state index >= 15 is 0 Å². The summed E-state index contributed by atoms with van der Waals surface area (Å²) in [6, 6.07) is 16.4. The Morgan fingerprint density at radius 1 is 1.06 bits per heavy atom. The predicted octanol–water partition coefficient (Wildman–Crippen LogP) is 4.55. The molecule has 0 fully saturated rings. The first-order valence-corrected chi connectivity index (χ1v) is 12.1. The number of para-hydroxylation sites is 2. The minimum Gasteiger partial charge on any atom is -0.454 e. The fourth-order valence-electron chi connectivity index (χ4n) is 3.77. The van der Waals surface area contributed by atoms with Gasteiger partial charge < -0.3 is 19.4 Å². The number of benzene rings is 2. The molecule has 35 heavy (non-hydrogen) atoms. The monoisotopic (exact) mass is 489 g/mol. The van der Waals surface area contributed by atoms with Crippen LogP contribution in [0, 0.1) is 0 Å². The molecule has 0 radical (unpaired) electrons. The van der Waals surface area contributed by atoms with Crippen molar-refractivity contribution in [2.75, 3.05) is 23.2 Å². The fourth-order valence-corrected chi connectivity index (χ4v) is 4.57. The van der Waals surface area contributed by atoms with Gasteiger partial charge in [0, 0.05) is 24.5 Å². The van der Waals surface area contributed by atoms with Crippen molar-refractivity contribution in [3.63, 3.8) is 0 Å². The Labute approximate surface area is 205 Å². The first kappa shape index (κ1) is 22.7. The van der Waals surface area contributed by atoms with Gasteiger partial charge in [-0.25, -0.2) is 9.97 Å². The number of aromatic nitrogens is 3. The molecule has 5 rings (SSSR count). The molecule has 0 bridgehead atoms. The standard InChI is InChI=1S/C25H23N5O4S/c1-2-12-30-19-8-4-3-7-18(19)28-25(30)29-23(32)17-6-5-11-26-24(17)35-14-22(31)27-16-9-10-20-21(13-16)34-15-33-20/h3-11,13H,2,12,14-15H2,1H3,(H,27,31)(H,28,29,32). The zero-order valence-electron chi connectivity index (χ0n) is 19.0. The van der Waals surface area contributed by atoms with Gasteiger partial charge in [0.05, 0.1) is 22.3 Å². The molecule has 10 heteroatoms. The average molecular weight is 490 g/mol. The average Bonchev–Trinajstić information content (AvgIpc) is 3.47. The van der Waals surface area contributed by atoms with Crippen LogP contribution in [0.25, 0.3) is 11.0 Å². The molecule has 178 valence electrons. The highest BCUT2D eigenvalue weighted by atomic mass is 32.2. The predicted molar refractivity (Wildman–Crippen MR) is 134 cm³/mol. The molecule has 0 saturated heterocycles. The zero-order chi connectivity index (χ0) is 24.2. The first-order chi connectivity index (χ1) is 17.1. The highest BCUT2D eigenvalue weighted by molar-refractivity contribution is 8.00. The largest absolute Gasteiger partial charge is 0.454 e. The number of hydrogen-bond donors (Lipinski definition) is 2. The maximum atomic E-state index is 13.2. The van der Waals surface area contributed by atoms with Gasteiger partial charge in [-0.05, 0) is 42.8 Å². The molecule has 0 atom stereocenters. The first-order valence-electron chi connectivity index (χ1n) is 11.2. The van der Waals surface area contributed by atoms with Crippen LogP contribution in [-0.2, 0) is 11.3 Å². The van der Waals surface area contributed by atoms with E-state index in [1.165, 1.54) is 11.8 Å². The molecule has 2 aromatic carbocycles. The molecule has 0 aliphatic carbocycles. The van der Waals surface area contributed by atoms with Crippen LogP contribution >= 0.6 is 11.8 Å². The highest BCUT2D eigenvalue weighted by Gasteiger charge is 2.19. The number of fused-ring (bicyclic) bond motifs is 2. The van der Waals surface area contributed by atoms with Crippen molar-refractivity contribution in [3.8, 4) is 11.5 Å². The number of rotatable bonds is 8. The molecule has 4 aromatic rings. The Hall–Kier alpha value is -4.05. The fraction of sp³-hybridized carbons (Fsp3) is 0.200. The lowest BCUT2D eigenvalue weighted by Gasteiger charge is -2.11. The molecule has 2 aromatic heterocycles. The van der Waals surface area contributed by atoms with E-state index in [1.54, 1.807) is 36.5 Å². The van der Waals surface area contributed by atoms with Crippen LogP contribution in [0.1, 0.15) is 23.7 Å². The van der Waals surface area contributed by atoms with Gasteiger partial charge >= 0.3 is 0 Å². The number of carbonyl (C=O) groups excluding carboxylic acids is 2. The van der Waals surface area contributed by atoms with Gasteiger partial charge in [-0.3, -0.25) is 14.9 Å².